The van der Waals surface area contributed by atoms with Gasteiger partial charge in [-0.1, -0.05) is 15.9 Å². The first-order valence-corrected chi connectivity index (χ1v) is 7.28. The van der Waals surface area contributed by atoms with E-state index >= 15 is 0 Å². The number of nitrogen functional groups attached to an aromatic ring is 1. The van der Waals surface area contributed by atoms with Gasteiger partial charge in [-0.25, -0.2) is 14.5 Å². The number of ether oxygens (including phenoxy) is 2. The van der Waals surface area contributed by atoms with Crippen LogP contribution in [-0.4, -0.2) is 40.7 Å². The number of benzene rings is 1. The molecule has 0 aliphatic carbocycles. The Labute approximate surface area is 140 Å². The van der Waals surface area contributed by atoms with E-state index in [-0.39, 0.29) is 11.7 Å². The molecule has 2 aromatic rings. The number of carboxylic acids is 1. The summed E-state index contributed by atoms with van der Waals surface area (Å²) in [4.78, 5) is 14.8. The molecule has 0 unspecified atom stereocenters. The molecule has 1 aromatic carbocycles. The average Bonchev–Trinajstić information content (AvgIpc) is 2.80. The predicted molar refractivity (Wildman–Crippen MR) is 88.2 cm³/mol. The zero-order valence-corrected chi connectivity index (χ0v) is 14.1. The van der Waals surface area contributed by atoms with Crippen molar-refractivity contribution in [1.29, 1.82) is 0 Å². The quantitative estimate of drug-likeness (QED) is 0.737. The molecule has 23 heavy (non-hydrogen) atoms. The van der Waals surface area contributed by atoms with Crippen LogP contribution in [0.25, 0.3) is 0 Å². The lowest BCUT2D eigenvalue weighted by Gasteiger charge is -2.12. The van der Waals surface area contributed by atoms with Crippen LogP contribution in [0.3, 0.4) is 0 Å². The molecule has 1 heterocycles. The normalized spacial score (nSPS) is 10.9. The summed E-state index contributed by atoms with van der Waals surface area (Å²) >= 11 is 3.36. The number of aliphatic carboxylic acids is 1. The van der Waals surface area contributed by atoms with Crippen molar-refractivity contribution in [2.75, 3.05) is 19.5 Å². The van der Waals surface area contributed by atoms with Crippen molar-refractivity contribution in [3.8, 4) is 11.5 Å². The van der Waals surface area contributed by atoms with Gasteiger partial charge in [0.25, 0.3) is 0 Å². The highest BCUT2D eigenvalue weighted by Gasteiger charge is 2.13. The molecule has 122 valence electrons. The number of aromatic nitrogens is 2. The van der Waals surface area contributed by atoms with Gasteiger partial charge >= 0.3 is 5.97 Å². The van der Waals surface area contributed by atoms with Crippen LogP contribution in [0.2, 0.25) is 0 Å². The van der Waals surface area contributed by atoms with Gasteiger partial charge in [0.15, 0.2) is 18.1 Å². The van der Waals surface area contributed by atoms with E-state index in [9.17, 15) is 4.79 Å². The molecule has 0 spiro atoms. The fourth-order valence-electron chi connectivity index (χ4n) is 1.85. The molecule has 0 atom stereocenters. The predicted octanol–water partition coefficient (Wildman–Crippen LogP) is 1.89. The molecule has 0 saturated carbocycles. The number of anilines is 1. The van der Waals surface area contributed by atoms with Crippen molar-refractivity contribution in [2.24, 2.45) is 5.10 Å². The third-order valence-corrected chi connectivity index (χ3v) is 3.22. The van der Waals surface area contributed by atoms with Gasteiger partial charge in [0, 0.05) is 10.0 Å². The van der Waals surface area contributed by atoms with Crippen molar-refractivity contribution in [3.05, 3.63) is 34.1 Å². The Morgan fingerprint density at radius 3 is 2.87 bits per heavy atom. The maximum Gasteiger partial charge on any atom is 0.341 e. The van der Waals surface area contributed by atoms with Gasteiger partial charge in [0.2, 0.25) is 5.95 Å². The molecule has 1 aromatic heterocycles. The first kappa shape index (κ1) is 16.8. The zero-order valence-electron chi connectivity index (χ0n) is 12.5. The molecule has 3 N–H and O–H groups in total. The number of methoxy groups -OCH3 is 1. The highest BCUT2D eigenvalue weighted by molar-refractivity contribution is 9.10. The third-order valence-electron chi connectivity index (χ3n) is 2.76. The van der Waals surface area contributed by atoms with Gasteiger partial charge in [-0.3, -0.25) is 0 Å². The number of halogens is 1. The Hall–Kier alpha value is -2.55. The number of aryl methyl sites for hydroxylation is 1. The minimum absolute atomic E-state index is 0.244. The van der Waals surface area contributed by atoms with Crippen LogP contribution in [0.4, 0.5) is 5.95 Å². The highest BCUT2D eigenvalue weighted by atomic mass is 79.9. The van der Waals surface area contributed by atoms with E-state index in [1.807, 2.05) is 0 Å². The summed E-state index contributed by atoms with van der Waals surface area (Å²) in [7, 11) is 1.47. The monoisotopic (exact) mass is 382 g/mol. The van der Waals surface area contributed by atoms with Crippen molar-refractivity contribution in [2.45, 2.75) is 6.92 Å². The number of nitrogens with two attached hydrogens (primary N) is 1. The number of hydrogen-bond donors (Lipinski definition) is 2. The summed E-state index contributed by atoms with van der Waals surface area (Å²) < 4.78 is 12.7. The van der Waals surface area contributed by atoms with E-state index in [0.29, 0.717) is 11.3 Å². The van der Waals surface area contributed by atoms with Gasteiger partial charge in [0.05, 0.1) is 25.2 Å². The molecular formula is C14H15BrN4O4. The second kappa shape index (κ2) is 7.14. The van der Waals surface area contributed by atoms with Crippen molar-refractivity contribution >= 4 is 34.1 Å². The summed E-state index contributed by atoms with van der Waals surface area (Å²) in [5, 5.41) is 13.0. The smallest absolute Gasteiger partial charge is 0.341 e. The van der Waals surface area contributed by atoms with Gasteiger partial charge < -0.3 is 20.3 Å². The first-order chi connectivity index (χ1) is 10.9. The second-order valence-corrected chi connectivity index (χ2v) is 5.45. The molecule has 0 aliphatic heterocycles. The molecule has 2 rings (SSSR count). The Kier molecular flexibility index (Phi) is 5.22. The largest absolute Gasteiger partial charge is 0.493 e. The minimum Gasteiger partial charge on any atom is -0.493 e. The molecular weight excluding hydrogens is 368 g/mol. The van der Waals surface area contributed by atoms with Gasteiger partial charge in [-0.2, -0.15) is 5.10 Å². The summed E-state index contributed by atoms with van der Waals surface area (Å²) in [6.45, 7) is 1.30. The molecule has 0 bridgehead atoms. The van der Waals surface area contributed by atoms with E-state index in [4.69, 9.17) is 20.3 Å². The number of nitrogens with zero attached hydrogens (tertiary/aromatic N) is 3. The van der Waals surface area contributed by atoms with E-state index in [0.717, 1.165) is 10.2 Å². The highest BCUT2D eigenvalue weighted by Crippen LogP contribution is 2.34. The Morgan fingerprint density at radius 1 is 1.57 bits per heavy atom. The molecule has 8 nitrogen and oxygen atoms in total. The lowest BCUT2D eigenvalue weighted by atomic mass is 10.2. The summed E-state index contributed by atoms with van der Waals surface area (Å²) in [6.07, 6.45) is 3.15. The number of carbonyl (C=O) groups is 1. The SMILES string of the molecule is COc1cc(Br)cc(C=Nn2cc(C)nc2N)c1OCC(=O)O. The molecule has 0 amide bonds. The molecule has 0 fully saturated rings. The number of imidazole rings is 1. The molecule has 0 saturated heterocycles. The van der Waals surface area contributed by atoms with Crippen LogP contribution >= 0.6 is 15.9 Å². The van der Waals surface area contributed by atoms with Crippen LogP contribution in [0.1, 0.15) is 11.3 Å². The van der Waals surface area contributed by atoms with Gasteiger partial charge in [-0.15, -0.1) is 0 Å². The van der Waals surface area contributed by atoms with Crippen LogP contribution in [-0.2, 0) is 4.79 Å². The minimum atomic E-state index is -1.09. The lowest BCUT2D eigenvalue weighted by molar-refractivity contribution is -0.139. The third kappa shape index (κ3) is 4.22. The van der Waals surface area contributed by atoms with E-state index in [1.165, 1.54) is 18.0 Å². The number of carboxylic acid groups (broad SMARTS) is 1. The fraction of sp³-hybridized carbons (Fsp3) is 0.214. The average molecular weight is 383 g/mol. The van der Waals surface area contributed by atoms with Crippen LogP contribution in [0, 0.1) is 6.92 Å². The molecule has 0 radical (unpaired) electrons. The topological polar surface area (TPSA) is 112 Å². The number of rotatable bonds is 6. The molecule has 0 aliphatic rings. The molecule has 9 heteroatoms. The zero-order chi connectivity index (χ0) is 17.0. The Morgan fingerprint density at radius 2 is 2.30 bits per heavy atom. The maximum absolute atomic E-state index is 10.7. The number of hydrogen-bond acceptors (Lipinski definition) is 6. The first-order valence-electron chi connectivity index (χ1n) is 6.48. The fourth-order valence-corrected chi connectivity index (χ4v) is 2.30. The van der Waals surface area contributed by atoms with Gasteiger partial charge in [-0.05, 0) is 19.1 Å². The van der Waals surface area contributed by atoms with E-state index < -0.39 is 12.6 Å². The van der Waals surface area contributed by atoms with Crippen molar-refractivity contribution in [3.63, 3.8) is 0 Å². The Balaban J connectivity index is 2.40. The van der Waals surface area contributed by atoms with Crippen LogP contribution < -0.4 is 15.2 Å². The lowest BCUT2D eigenvalue weighted by Crippen LogP contribution is -2.11. The van der Waals surface area contributed by atoms with Crippen molar-refractivity contribution < 1.29 is 19.4 Å². The van der Waals surface area contributed by atoms with E-state index in [2.05, 4.69) is 26.0 Å². The second-order valence-electron chi connectivity index (χ2n) is 4.54. The summed E-state index contributed by atoms with van der Waals surface area (Å²) in [5.74, 6) is -0.185. The maximum atomic E-state index is 10.7. The van der Waals surface area contributed by atoms with Gasteiger partial charge in [0.1, 0.15) is 0 Å². The Bertz CT molecular complexity index is 757. The van der Waals surface area contributed by atoms with Crippen LogP contribution in [0.15, 0.2) is 27.9 Å². The standard InChI is InChI=1S/C14H15BrN4O4/c1-8-6-19(14(16)18-8)17-5-9-3-10(15)4-11(22-2)13(9)23-7-12(20)21/h3-6H,7H2,1-2H3,(H2,16,18)(H,20,21). The van der Waals surface area contributed by atoms with Crippen molar-refractivity contribution in [1.82, 2.24) is 9.66 Å². The summed E-state index contributed by atoms with van der Waals surface area (Å²) in [5.41, 5.74) is 6.98. The summed E-state index contributed by atoms with van der Waals surface area (Å²) in [6, 6.07) is 3.40. The van der Waals surface area contributed by atoms with Crippen LogP contribution in [0.5, 0.6) is 11.5 Å². The van der Waals surface area contributed by atoms with E-state index in [1.54, 1.807) is 25.3 Å².